The average Bonchev–Trinajstić information content (AvgIpc) is 2.40. The maximum absolute atomic E-state index is 13.3. The first-order valence-corrected chi connectivity index (χ1v) is 5.34. The van der Waals surface area contributed by atoms with E-state index in [1.165, 1.54) is 0 Å². The Hall–Kier alpha value is -2.25. The fraction of sp³-hybridized carbons (Fsp3) is 0.273. The van der Waals surface area contributed by atoms with Gasteiger partial charge in [0.05, 0.1) is 11.6 Å². The van der Waals surface area contributed by atoms with Crippen LogP contribution in [0.25, 0.3) is 0 Å². The van der Waals surface area contributed by atoms with Crippen molar-refractivity contribution in [3.8, 4) is 0 Å². The zero-order valence-electron chi connectivity index (χ0n) is 9.95. The summed E-state index contributed by atoms with van der Waals surface area (Å²) in [6.45, 7) is 1.59. The Bertz CT molecular complexity index is 520. The molecular weight excluding hydrogens is 263 g/mol. The van der Waals surface area contributed by atoms with Gasteiger partial charge in [0.1, 0.15) is 0 Å². The molecule has 0 saturated heterocycles. The van der Waals surface area contributed by atoms with Gasteiger partial charge in [-0.05, 0) is 18.6 Å². The molecule has 0 spiro atoms. The van der Waals surface area contributed by atoms with Crippen LogP contribution in [0.4, 0.5) is 18.9 Å². The molecule has 19 heavy (non-hydrogen) atoms. The molecule has 104 valence electrons. The van der Waals surface area contributed by atoms with Crippen LogP contribution in [-0.4, -0.2) is 17.0 Å². The van der Waals surface area contributed by atoms with Crippen molar-refractivity contribution in [3.05, 3.63) is 29.6 Å². The van der Waals surface area contributed by atoms with Gasteiger partial charge in [0.2, 0.25) is 5.91 Å². The lowest BCUT2D eigenvalue weighted by atomic mass is 10.0. The molecule has 0 aliphatic rings. The van der Waals surface area contributed by atoms with Crippen LogP contribution in [0.2, 0.25) is 0 Å². The van der Waals surface area contributed by atoms with Crippen LogP contribution in [0.5, 0.6) is 0 Å². The van der Waals surface area contributed by atoms with Crippen molar-refractivity contribution in [1.29, 1.82) is 0 Å². The van der Waals surface area contributed by atoms with E-state index >= 15 is 0 Å². The van der Waals surface area contributed by atoms with Crippen molar-refractivity contribution in [3.63, 3.8) is 0 Å². The summed E-state index contributed by atoms with van der Waals surface area (Å²) in [5.41, 5.74) is 4.77. The Morgan fingerprint density at radius 3 is 2.58 bits per heavy atom. The molecule has 1 amide bonds. The molecule has 1 aromatic rings. The highest BCUT2D eigenvalue weighted by molar-refractivity contribution is 6.07. The van der Waals surface area contributed by atoms with Crippen LogP contribution in [0.1, 0.15) is 13.3 Å². The summed E-state index contributed by atoms with van der Waals surface area (Å²) in [5.74, 6) is -6.71. The predicted molar refractivity (Wildman–Crippen MR) is 62.1 cm³/mol. The second-order valence-electron chi connectivity index (χ2n) is 3.70. The topological polar surface area (TPSA) is 87.7 Å². The molecule has 1 rings (SSSR count). The number of benzene rings is 1. The summed E-state index contributed by atoms with van der Waals surface area (Å²) in [5, 5.41) is 13.2. The van der Waals surface area contributed by atoms with Crippen LogP contribution in [0.3, 0.4) is 0 Å². The minimum absolute atomic E-state index is 0.188. The van der Waals surface area contributed by atoms with Crippen molar-refractivity contribution >= 4 is 17.4 Å². The van der Waals surface area contributed by atoms with Gasteiger partial charge in [0, 0.05) is 0 Å². The third kappa shape index (κ3) is 3.15. The van der Waals surface area contributed by atoms with Crippen LogP contribution in [0.15, 0.2) is 17.3 Å². The van der Waals surface area contributed by atoms with Gasteiger partial charge in [-0.2, -0.15) is 0 Å². The number of carbonyl (C=O) groups excluding carboxylic acids is 1. The van der Waals surface area contributed by atoms with E-state index in [0.717, 1.165) is 6.07 Å². The zero-order valence-corrected chi connectivity index (χ0v) is 9.95. The number of hydrogen-bond donors (Lipinski definition) is 3. The van der Waals surface area contributed by atoms with Gasteiger partial charge in [-0.15, -0.1) is 0 Å². The second-order valence-corrected chi connectivity index (χ2v) is 3.70. The number of anilines is 1. The van der Waals surface area contributed by atoms with Gasteiger partial charge in [-0.25, -0.2) is 13.2 Å². The molecule has 0 heterocycles. The summed E-state index contributed by atoms with van der Waals surface area (Å²) in [4.78, 5) is 11.7. The van der Waals surface area contributed by atoms with E-state index in [-0.39, 0.29) is 12.3 Å². The summed E-state index contributed by atoms with van der Waals surface area (Å²) in [6, 6.07) is 1.56. The van der Waals surface area contributed by atoms with Gasteiger partial charge >= 0.3 is 0 Å². The minimum Gasteiger partial charge on any atom is -0.409 e. The maximum atomic E-state index is 13.3. The van der Waals surface area contributed by atoms with E-state index in [2.05, 4.69) is 10.5 Å². The fourth-order valence-corrected chi connectivity index (χ4v) is 1.44. The largest absolute Gasteiger partial charge is 0.409 e. The summed E-state index contributed by atoms with van der Waals surface area (Å²) >= 11 is 0. The van der Waals surface area contributed by atoms with E-state index in [0.29, 0.717) is 6.07 Å². The molecule has 1 atom stereocenters. The van der Waals surface area contributed by atoms with Crippen molar-refractivity contribution < 1.29 is 23.2 Å². The Morgan fingerprint density at radius 2 is 2.05 bits per heavy atom. The second kappa shape index (κ2) is 6.07. The Kier molecular flexibility index (Phi) is 4.74. The molecule has 0 aromatic heterocycles. The maximum Gasteiger partial charge on any atom is 0.235 e. The minimum atomic E-state index is -1.69. The average molecular weight is 275 g/mol. The monoisotopic (exact) mass is 275 g/mol. The van der Waals surface area contributed by atoms with Crippen molar-refractivity contribution in [1.82, 2.24) is 0 Å². The number of hydrogen-bond acceptors (Lipinski definition) is 3. The number of halogens is 3. The number of amidine groups is 1. The molecular formula is C11H12F3N3O2. The lowest BCUT2D eigenvalue weighted by Gasteiger charge is -2.14. The smallest absolute Gasteiger partial charge is 0.235 e. The summed E-state index contributed by atoms with van der Waals surface area (Å²) in [7, 11) is 0. The highest BCUT2D eigenvalue weighted by Gasteiger charge is 2.23. The van der Waals surface area contributed by atoms with Crippen molar-refractivity contribution in [2.24, 2.45) is 16.8 Å². The normalized spacial score (nSPS) is 13.2. The molecule has 0 bridgehead atoms. The quantitative estimate of drug-likeness (QED) is 0.257. The number of nitrogens with one attached hydrogen (secondary N) is 1. The number of carbonyl (C=O) groups is 1. The SMILES string of the molecule is CCC(C(=O)Nc1ccc(F)c(F)c1F)C(N)=NO. The predicted octanol–water partition coefficient (Wildman–Crippen LogP) is 1.81. The standard InChI is InChI=1S/C11H12F3N3O2/c1-2-5(10(15)17-19)11(18)16-7-4-3-6(12)8(13)9(7)14/h3-5,19H,2H2,1H3,(H2,15,17)(H,16,18). The molecule has 0 aliphatic carbocycles. The number of rotatable bonds is 4. The fourth-order valence-electron chi connectivity index (χ4n) is 1.44. The molecule has 1 aromatic carbocycles. The van der Waals surface area contributed by atoms with E-state index < -0.39 is 35.0 Å². The molecule has 8 heteroatoms. The van der Waals surface area contributed by atoms with E-state index in [4.69, 9.17) is 10.9 Å². The highest BCUT2D eigenvalue weighted by atomic mass is 19.2. The van der Waals surface area contributed by atoms with E-state index in [1.807, 2.05) is 0 Å². The van der Waals surface area contributed by atoms with Gasteiger partial charge < -0.3 is 16.3 Å². The first-order valence-electron chi connectivity index (χ1n) is 5.34. The zero-order chi connectivity index (χ0) is 14.6. The van der Waals surface area contributed by atoms with E-state index in [1.54, 1.807) is 6.92 Å². The van der Waals surface area contributed by atoms with Crippen molar-refractivity contribution in [2.75, 3.05) is 5.32 Å². The molecule has 0 aliphatic heterocycles. The van der Waals surface area contributed by atoms with Gasteiger partial charge in [-0.3, -0.25) is 4.79 Å². The molecule has 0 fully saturated rings. The Morgan fingerprint density at radius 1 is 1.42 bits per heavy atom. The number of oxime groups is 1. The van der Waals surface area contributed by atoms with E-state index in [9.17, 15) is 18.0 Å². The summed E-state index contributed by atoms with van der Waals surface area (Å²) in [6.07, 6.45) is 0.188. The lowest BCUT2D eigenvalue weighted by Crippen LogP contribution is -2.34. The molecule has 0 saturated carbocycles. The highest BCUT2D eigenvalue weighted by Crippen LogP contribution is 2.20. The Labute approximate surface area is 106 Å². The molecule has 0 radical (unpaired) electrons. The third-order valence-electron chi connectivity index (χ3n) is 2.49. The molecule has 5 nitrogen and oxygen atoms in total. The number of nitrogens with two attached hydrogens (primary N) is 1. The van der Waals surface area contributed by atoms with Crippen LogP contribution < -0.4 is 11.1 Å². The third-order valence-corrected chi connectivity index (χ3v) is 2.49. The Balaban J connectivity index is 2.97. The van der Waals surface area contributed by atoms with Crippen LogP contribution in [-0.2, 0) is 4.79 Å². The molecule has 1 unspecified atom stereocenters. The number of nitrogens with zero attached hydrogens (tertiary/aromatic N) is 1. The van der Waals surface area contributed by atoms with Gasteiger partial charge in [-0.1, -0.05) is 12.1 Å². The van der Waals surface area contributed by atoms with Crippen LogP contribution >= 0.6 is 0 Å². The first kappa shape index (κ1) is 14.8. The molecule has 4 N–H and O–H groups in total. The van der Waals surface area contributed by atoms with Gasteiger partial charge in [0.15, 0.2) is 23.3 Å². The van der Waals surface area contributed by atoms with Crippen LogP contribution in [0, 0.1) is 23.4 Å². The van der Waals surface area contributed by atoms with Crippen molar-refractivity contribution in [2.45, 2.75) is 13.3 Å². The summed E-state index contributed by atoms with van der Waals surface area (Å²) < 4.78 is 39.0. The number of amides is 1. The lowest BCUT2D eigenvalue weighted by molar-refractivity contribution is -0.118. The van der Waals surface area contributed by atoms with Gasteiger partial charge in [0.25, 0.3) is 0 Å². The first-order chi connectivity index (χ1) is 8.92.